The second-order valence-electron chi connectivity index (χ2n) is 12.8. The number of fused-ring (bicyclic) bond motifs is 1. The fourth-order valence-corrected chi connectivity index (χ4v) is 5.26. The van der Waals surface area contributed by atoms with Crippen molar-refractivity contribution in [1.29, 1.82) is 0 Å². The van der Waals surface area contributed by atoms with Gasteiger partial charge in [0, 0.05) is 44.9 Å². The number of alkyl carbamates (subject to hydrolysis) is 1. The zero-order chi connectivity index (χ0) is 42.0. The quantitative estimate of drug-likeness (QED) is 0.135. The van der Waals surface area contributed by atoms with Crippen molar-refractivity contribution in [3.8, 4) is 34.0 Å². The molecule has 4 N–H and O–H groups in total. The van der Waals surface area contributed by atoms with Gasteiger partial charge in [-0.1, -0.05) is 78.6 Å². The van der Waals surface area contributed by atoms with Crippen molar-refractivity contribution in [3.05, 3.63) is 61.7 Å². The largest absolute Gasteiger partial charge is 0.453 e. The number of hydrogen-bond acceptors (Lipinski definition) is 9. The summed E-state index contributed by atoms with van der Waals surface area (Å²) >= 11 is 0. The maximum absolute atomic E-state index is 11.3. The van der Waals surface area contributed by atoms with Gasteiger partial charge in [-0.15, -0.1) is 0 Å². The molecule has 0 unspecified atom stereocenters. The van der Waals surface area contributed by atoms with Crippen LogP contribution in [0.1, 0.15) is 87.0 Å². The van der Waals surface area contributed by atoms with Crippen LogP contribution in [0.2, 0.25) is 0 Å². The Kier molecular flexibility index (Phi) is 22.2. The maximum atomic E-state index is 11.3. The van der Waals surface area contributed by atoms with E-state index < -0.39 is 6.09 Å². The molecule has 0 bridgehead atoms. The monoisotopic (exact) mass is 790 g/mol. The Morgan fingerprint density at radius 1 is 0.737 bits per heavy atom. The molecule has 0 radical (unpaired) electrons. The standard InChI is InChI=1S/C17H12N6O.C8H14N2O3.C8H14N2O2.2C3H8.C2H6/c1-3-12(4-2-11(1)13-5-18-9-20-13)16-8-23-7-15(22-17(23)24-16)14-6-19-10-21-14;1-13-8(12)9-6-7(11)10-4-2-3-5-10;1-7(11)9-6-8(12)10-4-2-3-5-10;2*1-3-2;1-2/h1-10H,(H,18,20)(H,19,21);2-6H2,1H3,(H,9,12);2-6H2,1H3,(H,9,11);2*3H2,1-2H3;1-2H3. The number of aromatic amines is 2. The van der Waals surface area contributed by atoms with Gasteiger partial charge in [-0.3, -0.25) is 18.8 Å². The van der Waals surface area contributed by atoms with Crippen LogP contribution in [-0.4, -0.2) is 109 Å². The summed E-state index contributed by atoms with van der Waals surface area (Å²) in [4.78, 5) is 65.9. The summed E-state index contributed by atoms with van der Waals surface area (Å²) in [7, 11) is 1.27. The molecule has 2 saturated heterocycles. The Labute approximate surface area is 336 Å². The number of methoxy groups -OCH3 is 1. The number of imidazole rings is 3. The van der Waals surface area contributed by atoms with Gasteiger partial charge >= 0.3 is 11.9 Å². The van der Waals surface area contributed by atoms with Crippen LogP contribution in [0, 0.1) is 0 Å². The molecule has 16 nitrogen and oxygen atoms in total. The molecule has 2 fully saturated rings. The average molecular weight is 791 g/mol. The van der Waals surface area contributed by atoms with Crippen molar-refractivity contribution in [2.45, 2.75) is 87.0 Å². The first-order valence-corrected chi connectivity index (χ1v) is 19.8. The van der Waals surface area contributed by atoms with Gasteiger partial charge in [0.1, 0.15) is 12.2 Å². The van der Waals surface area contributed by atoms with Crippen molar-refractivity contribution in [1.82, 2.24) is 49.8 Å². The molecule has 2 aliphatic heterocycles. The molecule has 1 aromatic carbocycles. The molecule has 7 rings (SSSR count). The van der Waals surface area contributed by atoms with Crippen LogP contribution in [-0.2, 0) is 19.1 Å². The Hall–Kier alpha value is -5.93. The number of nitrogens with one attached hydrogen (secondary N) is 4. The van der Waals surface area contributed by atoms with Crippen LogP contribution in [0.3, 0.4) is 0 Å². The van der Waals surface area contributed by atoms with Crippen LogP contribution in [0.25, 0.3) is 39.8 Å². The molecule has 2 aliphatic rings. The zero-order valence-electron chi connectivity index (χ0n) is 34.9. The topological polar surface area (TPSA) is 196 Å². The van der Waals surface area contributed by atoms with Gasteiger partial charge in [-0.2, -0.15) is 4.98 Å². The SMILES string of the molecule is CC.CC(=O)NCC(=O)N1CCCC1.CCC.CCC.COC(=O)NCC(=O)N1CCCC1.c1ncc(-c2ccc(-c3cn4cc(-c5cnc[nH]5)nc4o3)cc2)[nH]1. The third-order valence-electron chi connectivity index (χ3n) is 7.88. The number of rotatable bonds is 7. The lowest BCUT2D eigenvalue weighted by Gasteiger charge is -2.14. The number of ether oxygens (including phenoxy) is 1. The Bertz CT molecular complexity index is 1800. The van der Waals surface area contributed by atoms with Gasteiger partial charge in [-0.05, 0) is 31.2 Å². The summed E-state index contributed by atoms with van der Waals surface area (Å²) in [6.07, 6.45) is 16.9. The van der Waals surface area contributed by atoms with E-state index in [1.165, 1.54) is 26.9 Å². The minimum absolute atomic E-state index is 0.0303. The van der Waals surface area contributed by atoms with Crippen molar-refractivity contribution < 1.29 is 28.3 Å². The van der Waals surface area contributed by atoms with Crippen molar-refractivity contribution in [2.75, 3.05) is 46.4 Å². The minimum atomic E-state index is -0.562. The number of carbonyl (C=O) groups is 4. The zero-order valence-corrected chi connectivity index (χ0v) is 34.9. The van der Waals surface area contributed by atoms with E-state index >= 15 is 0 Å². The maximum Gasteiger partial charge on any atom is 0.407 e. The lowest BCUT2D eigenvalue weighted by molar-refractivity contribution is -0.131. The van der Waals surface area contributed by atoms with Gasteiger partial charge in [0.2, 0.25) is 17.7 Å². The predicted octanol–water partition coefficient (Wildman–Crippen LogP) is 6.94. The van der Waals surface area contributed by atoms with Crippen molar-refractivity contribution in [2.24, 2.45) is 0 Å². The molecule has 5 aromatic rings. The number of benzene rings is 1. The molecule has 0 saturated carbocycles. The number of hydrogen-bond donors (Lipinski definition) is 4. The van der Waals surface area contributed by atoms with E-state index in [1.54, 1.807) is 34.8 Å². The molecule has 4 amide bonds. The molecule has 4 aromatic heterocycles. The van der Waals surface area contributed by atoms with E-state index in [0.29, 0.717) is 5.84 Å². The van der Waals surface area contributed by atoms with Gasteiger partial charge in [0.15, 0.2) is 5.76 Å². The normalized spacial score (nSPS) is 12.5. The minimum Gasteiger partial charge on any atom is -0.453 e. The van der Waals surface area contributed by atoms with E-state index in [9.17, 15) is 19.2 Å². The molecule has 16 heteroatoms. The average Bonchev–Trinajstić information content (AvgIpc) is 4.07. The molecular formula is C41H62N10O6. The second-order valence-corrected chi connectivity index (χ2v) is 12.8. The fraction of sp³-hybridized carbons (Fsp3) is 0.488. The second kappa shape index (κ2) is 26.8. The highest BCUT2D eigenvalue weighted by Crippen LogP contribution is 2.27. The smallest absolute Gasteiger partial charge is 0.407 e. The highest BCUT2D eigenvalue weighted by atomic mass is 16.5. The lowest BCUT2D eigenvalue weighted by atomic mass is 10.1. The number of nitrogens with zero attached hydrogens (tertiary/aromatic N) is 6. The summed E-state index contributed by atoms with van der Waals surface area (Å²) in [6, 6.07) is 8.10. The molecule has 0 atom stereocenters. The van der Waals surface area contributed by atoms with Gasteiger partial charge in [-0.25, -0.2) is 14.8 Å². The Balaban J connectivity index is 0.000000291. The van der Waals surface area contributed by atoms with Gasteiger partial charge in [0.25, 0.3) is 0 Å². The van der Waals surface area contributed by atoms with E-state index in [1.807, 2.05) is 54.9 Å². The van der Waals surface area contributed by atoms with Crippen LogP contribution in [0.4, 0.5) is 4.79 Å². The first-order chi connectivity index (χ1) is 27.6. The predicted molar refractivity (Wildman–Crippen MR) is 222 cm³/mol. The van der Waals surface area contributed by atoms with E-state index in [2.05, 4.69) is 68.0 Å². The van der Waals surface area contributed by atoms with E-state index in [0.717, 1.165) is 85.8 Å². The third-order valence-corrected chi connectivity index (χ3v) is 7.88. The molecule has 0 spiro atoms. The van der Waals surface area contributed by atoms with E-state index in [4.69, 9.17) is 4.42 Å². The number of likely N-dealkylation sites (tertiary alicyclic amines) is 2. The lowest BCUT2D eigenvalue weighted by Crippen LogP contribution is -2.38. The highest BCUT2D eigenvalue weighted by Gasteiger charge is 2.19. The molecule has 57 heavy (non-hydrogen) atoms. The number of carbonyl (C=O) groups excluding carboxylic acids is 4. The summed E-state index contributed by atoms with van der Waals surface area (Å²) < 4.78 is 12.1. The molecule has 312 valence electrons. The number of amides is 4. The molecule has 6 heterocycles. The van der Waals surface area contributed by atoms with Crippen LogP contribution in [0.5, 0.6) is 0 Å². The highest BCUT2D eigenvalue weighted by molar-refractivity contribution is 5.84. The van der Waals surface area contributed by atoms with Crippen LogP contribution in [0.15, 0.2) is 66.1 Å². The van der Waals surface area contributed by atoms with Crippen molar-refractivity contribution in [3.63, 3.8) is 0 Å². The number of H-pyrrole nitrogens is 2. The third kappa shape index (κ3) is 16.4. The first kappa shape index (κ1) is 47.2. The summed E-state index contributed by atoms with van der Waals surface area (Å²) in [5.74, 6) is 1.16. The number of oxazole rings is 1. The van der Waals surface area contributed by atoms with Crippen LogP contribution >= 0.6 is 0 Å². The summed E-state index contributed by atoms with van der Waals surface area (Å²) in [6.45, 7) is 17.4. The van der Waals surface area contributed by atoms with Gasteiger partial charge in [0.05, 0.1) is 56.3 Å². The van der Waals surface area contributed by atoms with E-state index in [-0.39, 0.29) is 30.8 Å². The number of aromatic nitrogens is 6. The van der Waals surface area contributed by atoms with Crippen LogP contribution < -0.4 is 10.6 Å². The summed E-state index contributed by atoms with van der Waals surface area (Å²) in [5, 5.41) is 4.85. The molecular weight excluding hydrogens is 729 g/mol. The van der Waals surface area contributed by atoms with Gasteiger partial charge < -0.3 is 39.6 Å². The first-order valence-electron chi connectivity index (χ1n) is 19.8. The molecule has 0 aliphatic carbocycles. The summed E-state index contributed by atoms with van der Waals surface area (Å²) in [5.41, 5.74) is 4.72. The Morgan fingerprint density at radius 2 is 1.21 bits per heavy atom. The van der Waals surface area contributed by atoms with Crippen molar-refractivity contribution >= 4 is 29.7 Å². The Morgan fingerprint density at radius 3 is 1.65 bits per heavy atom. The fourth-order valence-electron chi connectivity index (χ4n) is 5.26.